The van der Waals surface area contributed by atoms with E-state index in [9.17, 15) is 14.0 Å². The molecule has 30 heavy (non-hydrogen) atoms. The molecule has 1 heterocycles. The van der Waals surface area contributed by atoms with Gasteiger partial charge in [-0.25, -0.2) is 9.18 Å². The molecule has 0 N–H and O–H groups in total. The summed E-state index contributed by atoms with van der Waals surface area (Å²) in [4.78, 5) is 26.3. The average molecular weight is 405 g/mol. The molecule has 1 aliphatic rings. The first kappa shape index (κ1) is 19.6. The third-order valence-electron chi connectivity index (χ3n) is 5.09. The first-order chi connectivity index (χ1) is 14.6. The summed E-state index contributed by atoms with van der Waals surface area (Å²) in [6.07, 6.45) is -0.683. The number of halogens is 1. The monoisotopic (exact) mass is 405 g/mol. The number of rotatable bonds is 6. The minimum absolute atomic E-state index is 0.148. The predicted molar refractivity (Wildman–Crippen MR) is 108 cm³/mol. The molecule has 0 spiro atoms. The van der Waals surface area contributed by atoms with Crippen LogP contribution in [0.3, 0.4) is 0 Å². The van der Waals surface area contributed by atoms with Crippen LogP contribution in [0.5, 0.6) is 5.75 Å². The van der Waals surface area contributed by atoms with Gasteiger partial charge in [0.25, 0.3) is 5.91 Å². The Morgan fingerprint density at radius 1 is 0.967 bits per heavy atom. The van der Waals surface area contributed by atoms with Crippen molar-refractivity contribution in [3.05, 3.63) is 101 Å². The number of para-hydroxylation sites is 1. The standard InChI is InChI=1S/C24H20FNO4/c1-29-24(28)18-11-9-17(10-12-18)21-22(30-20-5-3-2-4-6-20)23(27)26(21)15-16-7-13-19(25)14-8-16/h2-14,21-22H,15H2,1H3/t21-,22+/m0/s1. The highest BCUT2D eigenvalue weighted by Crippen LogP contribution is 2.39. The van der Waals surface area contributed by atoms with Crippen LogP contribution in [-0.4, -0.2) is 30.0 Å². The van der Waals surface area contributed by atoms with Crippen LogP contribution in [0, 0.1) is 5.82 Å². The third-order valence-corrected chi connectivity index (χ3v) is 5.09. The summed E-state index contributed by atoms with van der Waals surface area (Å²) >= 11 is 0. The van der Waals surface area contributed by atoms with Gasteiger partial charge in [0.1, 0.15) is 17.6 Å². The quantitative estimate of drug-likeness (QED) is 0.457. The number of benzene rings is 3. The molecule has 3 aromatic carbocycles. The Kier molecular flexibility index (Phi) is 5.48. The first-order valence-electron chi connectivity index (χ1n) is 9.52. The van der Waals surface area contributed by atoms with Crippen molar-refractivity contribution in [2.75, 3.05) is 7.11 Å². The van der Waals surface area contributed by atoms with Crippen LogP contribution in [0.4, 0.5) is 4.39 Å². The molecule has 3 aromatic rings. The molecule has 1 amide bonds. The second-order valence-corrected chi connectivity index (χ2v) is 7.00. The molecule has 1 aliphatic heterocycles. The second-order valence-electron chi connectivity index (χ2n) is 7.00. The van der Waals surface area contributed by atoms with Crippen molar-refractivity contribution in [2.24, 2.45) is 0 Å². The average Bonchev–Trinajstić information content (AvgIpc) is 2.79. The van der Waals surface area contributed by atoms with Gasteiger partial charge in [-0.05, 0) is 47.5 Å². The molecule has 0 aromatic heterocycles. The van der Waals surface area contributed by atoms with E-state index < -0.39 is 12.1 Å². The van der Waals surface area contributed by atoms with E-state index in [2.05, 4.69) is 0 Å². The number of carbonyl (C=O) groups excluding carboxylic acids is 2. The number of hydrogen-bond acceptors (Lipinski definition) is 4. The molecule has 152 valence electrons. The number of amides is 1. The van der Waals surface area contributed by atoms with Gasteiger partial charge in [-0.3, -0.25) is 4.79 Å². The van der Waals surface area contributed by atoms with Crippen molar-refractivity contribution in [1.29, 1.82) is 0 Å². The lowest BCUT2D eigenvalue weighted by molar-refractivity contribution is -0.165. The van der Waals surface area contributed by atoms with Crippen molar-refractivity contribution >= 4 is 11.9 Å². The minimum atomic E-state index is -0.683. The van der Waals surface area contributed by atoms with Gasteiger partial charge in [0.2, 0.25) is 6.10 Å². The minimum Gasteiger partial charge on any atom is -0.478 e. The van der Waals surface area contributed by atoms with Crippen molar-refractivity contribution in [1.82, 2.24) is 4.90 Å². The molecule has 2 atom stereocenters. The Balaban J connectivity index is 1.61. The fourth-order valence-corrected chi connectivity index (χ4v) is 3.53. The molecule has 6 heteroatoms. The zero-order chi connectivity index (χ0) is 21.1. The largest absolute Gasteiger partial charge is 0.478 e. The van der Waals surface area contributed by atoms with Crippen molar-refractivity contribution in [2.45, 2.75) is 18.7 Å². The molecule has 0 radical (unpaired) electrons. The summed E-state index contributed by atoms with van der Waals surface area (Å²) in [5, 5.41) is 0. The Morgan fingerprint density at radius 2 is 1.63 bits per heavy atom. The van der Waals surface area contributed by atoms with E-state index in [1.165, 1.54) is 19.2 Å². The molecule has 0 unspecified atom stereocenters. The van der Waals surface area contributed by atoms with Gasteiger partial charge in [-0.2, -0.15) is 0 Å². The maximum atomic E-state index is 13.2. The lowest BCUT2D eigenvalue weighted by Gasteiger charge is -2.47. The maximum absolute atomic E-state index is 13.2. The molecule has 0 saturated carbocycles. The Labute approximate surface area is 173 Å². The number of carbonyl (C=O) groups is 2. The summed E-state index contributed by atoms with van der Waals surface area (Å²) in [5.74, 6) is -0.293. The van der Waals surface area contributed by atoms with E-state index >= 15 is 0 Å². The number of β-lactam (4-membered cyclic amide) rings is 1. The predicted octanol–water partition coefficient (Wildman–Crippen LogP) is 4.14. The van der Waals surface area contributed by atoms with Crippen LogP contribution < -0.4 is 4.74 Å². The van der Waals surface area contributed by atoms with E-state index in [1.807, 2.05) is 18.2 Å². The Hall–Kier alpha value is -3.67. The van der Waals surface area contributed by atoms with Crippen LogP contribution >= 0.6 is 0 Å². The molecular weight excluding hydrogens is 385 g/mol. The van der Waals surface area contributed by atoms with E-state index in [4.69, 9.17) is 9.47 Å². The van der Waals surface area contributed by atoms with E-state index in [1.54, 1.807) is 53.4 Å². The summed E-state index contributed by atoms with van der Waals surface area (Å²) in [6, 6.07) is 21.8. The number of ether oxygens (including phenoxy) is 2. The first-order valence-corrected chi connectivity index (χ1v) is 9.52. The summed E-state index contributed by atoms with van der Waals surface area (Å²) in [5.41, 5.74) is 2.09. The lowest BCUT2D eigenvalue weighted by Crippen LogP contribution is -2.60. The van der Waals surface area contributed by atoms with Gasteiger partial charge >= 0.3 is 5.97 Å². The fourth-order valence-electron chi connectivity index (χ4n) is 3.53. The summed E-state index contributed by atoms with van der Waals surface area (Å²) < 4.78 is 24.0. The topological polar surface area (TPSA) is 55.8 Å². The highest BCUT2D eigenvalue weighted by atomic mass is 19.1. The smallest absolute Gasteiger partial charge is 0.337 e. The number of nitrogens with zero attached hydrogens (tertiary/aromatic N) is 1. The third kappa shape index (κ3) is 3.89. The number of hydrogen-bond donors (Lipinski definition) is 0. The summed E-state index contributed by atoms with van der Waals surface area (Å²) in [6.45, 7) is 0.331. The molecule has 4 rings (SSSR count). The molecule has 5 nitrogen and oxygen atoms in total. The highest BCUT2D eigenvalue weighted by Gasteiger charge is 2.50. The van der Waals surface area contributed by atoms with Crippen molar-refractivity contribution in [3.8, 4) is 5.75 Å². The molecule has 1 saturated heterocycles. The Morgan fingerprint density at radius 3 is 2.27 bits per heavy atom. The maximum Gasteiger partial charge on any atom is 0.337 e. The SMILES string of the molecule is COC(=O)c1ccc([C@H]2[C@@H](Oc3ccccc3)C(=O)N2Cc2ccc(F)cc2)cc1. The van der Waals surface area contributed by atoms with Gasteiger partial charge in [0.15, 0.2) is 0 Å². The number of esters is 1. The van der Waals surface area contributed by atoms with Gasteiger partial charge in [-0.15, -0.1) is 0 Å². The van der Waals surface area contributed by atoms with E-state index in [0.29, 0.717) is 17.9 Å². The van der Waals surface area contributed by atoms with Gasteiger partial charge in [-0.1, -0.05) is 42.5 Å². The van der Waals surface area contributed by atoms with Crippen LogP contribution in [-0.2, 0) is 16.1 Å². The number of methoxy groups -OCH3 is 1. The van der Waals surface area contributed by atoms with Crippen molar-refractivity contribution < 1.29 is 23.5 Å². The lowest BCUT2D eigenvalue weighted by atomic mass is 9.89. The van der Waals surface area contributed by atoms with Crippen LogP contribution in [0.15, 0.2) is 78.9 Å². The van der Waals surface area contributed by atoms with E-state index in [0.717, 1.165) is 11.1 Å². The zero-order valence-corrected chi connectivity index (χ0v) is 16.3. The van der Waals surface area contributed by atoms with Gasteiger partial charge in [0.05, 0.1) is 12.7 Å². The Bertz CT molecular complexity index is 1040. The normalized spacial score (nSPS) is 17.9. The van der Waals surface area contributed by atoms with Crippen LogP contribution in [0.1, 0.15) is 27.5 Å². The summed E-state index contributed by atoms with van der Waals surface area (Å²) in [7, 11) is 1.33. The van der Waals surface area contributed by atoms with Crippen molar-refractivity contribution in [3.63, 3.8) is 0 Å². The van der Waals surface area contributed by atoms with Gasteiger partial charge in [0, 0.05) is 6.54 Å². The molecule has 0 aliphatic carbocycles. The molecule has 0 bridgehead atoms. The van der Waals surface area contributed by atoms with E-state index in [-0.39, 0.29) is 17.8 Å². The van der Waals surface area contributed by atoms with Crippen LogP contribution in [0.2, 0.25) is 0 Å². The highest BCUT2D eigenvalue weighted by molar-refractivity contribution is 5.90. The fraction of sp³-hybridized carbons (Fsp3) is 0.167. The number of likely N-dealkylation sites (tertiary alicyclic amines) is 1. The van der Waals surface area contributed by atoms with Gasteiger partial charge < -0.3 is 14.4 Å². The second kappa shape index (κ2) is 8.37. The molecular formula is C24H20FNO4. The van der Waals surface area contributed by atoms with Crippen LogP contribution in [0.25, 0.3) is 0 Å². The zero-order valence-electron chi connectivity index (χ0n) is 16.3. The molecule has 1 fully saturated rings.